The molecule has 1 aliphatic carbocycles. The quantitative estimate of drug-likeness (QED) is 0.583. The van der Waals surface area contributed by atoms with Gasteiger partial charge >= 0.3 is 11.9 Å². The number of hydrogen-bond acceptors (Lipinski definition) is 4. The van der Waals surface area contributed by atoms with E-state index in [2.05, 4.69) is 4.74 Å². The van der Waals surface area contributed by atoms with Crippen LogP contribution in [0.4, 0.5) is 0 Å². The topological polar surface area (TPSA) is 52.6 Å². The molecule has 0 aliphatic heterocycles. The van der Waals surface area contributed by atoms with Gasteiger partial charge in [0.25, 0.3) is 0 Å². The molecule has 0 aromatic carbocycles. The average molecular weight is 268 g/mol. The Morgan fingerprint density at radius 3 is 2.16 bits per heavy atom. The highest BCUT2D eigenvalue weighted by molar-refractivity contribution is 5.88. The van der Waals surface area contributed by atoms with Crippen LogP contribution >= 0.6 is 0 Å². The molecular weight excluding hydrogens is 244 g/mol. The van der Waals surface area contributed by atoms with Gasteiger partial charge in [-0.05, 0) is 39.0 Å². The highest BCUT2D eigenvalue weighted by Gasteiger charge is 2.62. The summed E-state index contributed by atoms with van der Waals surface area (Å²) in [6.07, 6.45) is 1.82. The van der Waals surface area contributed by atoms with E-state index in [-0.39, 0.29) is 29.2 Å². The lowest BCUT2D eigenvalue weighted by Crippen LogP contribution is -2.26. The lowest BCUT2D eigenvalue weighted by Gasteiger charge is -2.19. The van der Waals surface area contributed by atoms with Crippen LogP contribution in [0, 0.1) is 17.3 Å². The summed E-state index contributed by atoms with van der Waals surface area (Å²) in [6.45, 7) is 11.3. The molecule has 0 amide bonds. The summed E-state index contributed by atoms with van der Waals surface area (Å²) >= 11 is 0. The van der Waals surface area contributed by atoms with E-state index in [9.17, 15) is 9.59 Å². The minimum atomic E-state index is -0.485. The van der Waals surface area contributed by atoms with Crippen molar-refractivity contribution in [2.75, 3.05) is 7.11 Å². The van der Waals surface area contributed by atoms with Crippen molar-refractivity contribution in [2.45, 2.75) is 47.1 Å². The summed E-state index contributed by atoms with van der Waals surface area (Å²) < 4.78 is 10.1. The molecule has 19 heavy (non-hydrogen) atoms. The average Bonchev–Trinajstić information content (AvgIpc) is 2.76. The van der Waals surface area contributed by atoms with E-state index in [1.54, 1.807) is 6.92 Å². The molecule has 2 unspecified atom stereocenters. The summed E-state index contributed by atoms with van der Waals surface area (Å²) in [5, 5.41) is 0. The molecule has 0 saturated heterocycles. The van der Waals surface area contributed by atoms with Gasteiger partial charge in [0.2, 0.25) is 0 Å². The second-order valence-corrected chi connectivity index (χ2v) is 6.70. The Bertz CT molecular complexity index is 412. The van der Waals surface area contributed by atoms with Crippen LogP contribution in [0.3, 0.4) is 0 Å². The molecule has 0 aromatic heterocycles. The van der Waals surface area contributed by atoms with Gasteiger partial charge in [-0.15, -0.1) is 0 Å². The van der Waals surface area contributed by atoms with Crippen LogP contribution < -0.4 is 0 Å². The van der Waals surface area contributed by atoms with Gasteiger partial charge in [0.15, 0.2) is 0 Å². The monoisotopic (exact) mass is 268 g/mol. The predicted molar refractivity (Wildman–Crippen MR) is 72.4 cm³/mol. The lowest BCUT2D eigenvalue weighted by atomic mass is 10.1. The van der Waals surface area contributed by atoms with Gasteiger partial charge < -0.3 is 9.47 Å². The van der Waals surface area contributed by atoms with Crippen molar-refractivity contribution in [3.8, 4) is 0 Å². The summed E-state index contributed by atoms with van der Waals surface area (Å²) in [6, 6.07) is 0. The van der Waals surface area contributed by atoms with Gasteiger partial charge in [-0.25, -0.2) is 4.79 Å². The van der Waals surface area contributed by atoms with Crippen LogP contribution in [-0.2, 0) is 19.1 Å². The van der Waals surface area contributed by atoms with Gasteiger partial charge in [0, 0.05) is 5.57 Å². The van der Waals surface area contributed by atoms with E-state index in [1.165, 1.54) is 7.11 Å². The first-order chi connectivity index (χ1) is 8.50. The first-order valence-corrected chi connectivity index (χ1v) is 6.50. The number of esters is 2. The molecule has 1 saturated carbocycles. The fourth-order valence-corrected chi connectivity index (χ4v) is 2.30. The Balaban J connectivity index is 2.79. The molecule has 4 nitrogen and oxygen atoms in total. The van der Waals surface area contributed by atoms with E-state index in [4.69, 9.17) is 4.74 Å². The Morgan fingerprint density at radius 2 is 1.74 bits per heavy atom. The largest absolute Gasteiger partial charge is 0.466 e. The molecule has 0 spiro atoms. The fourth-order valence-electron chi connectivity index (χ4n) is 2.30. The maximum Gasteiger partial charge on any atom is 0.333 e. The van der Waals surface area contributed by atoms with Crippen molar-refractivity contribution in [1.82, 2.24) is 0 Å². The summed E-state index contributed by atoms with van der Waals surface area (Å²) in [7, 11) is 1.35. The minimum absolute atomic E-state index is 0.0291. The third-order valence-corrected chi connectivity index (χ3v) is 3.51. The number of rotatable bonds is 3. The molecule has 1 fully saturated rings. The highest BCUT2D eigenvalue weighted by atomic mass is 16.6. The molecule has 1 rings (SSSR count). The minimum Gasteiger partial charge on any atom is -0.466 e. The Labute approximate surface area is 115 Å². The van der Waals surface area contributed by atoms with E-state index in [0.29, 0.717) is 5.57 Å². The van der Waals surface area contributed by atoms with Gasteiger partial charge in [0.1, 0.15) is 5.60 Å². The number of carbonyl (C=O) groups is 2. The smallest absolute Gasteiger partial charge is 0.333 e. The van der Waals surface area contributed by atoms with Crippen LogP contribution in [0.1, 0.15) is 41.5 Å². The zero-order chi connectivity index (χ0) is 15.0. The summed E-state index contributed by atoms with van der Waals surface area (Å²) in [4.78, 5) is 23.5. The van der Waals surface area contributed by atoms with Crippen LogP contribution in [0.15, 0.2) is 11.6 Å². The first-order valence-electron chi connectivity index (χ1n) is 6.50. The van der Waals surface area contributed by atoms with Gasteiger partial charge in [0.05, 0.1) is 13.0 Å². The van der Waals surface area contributed by atoms with Crippen LogP contribution in [0.2, 0.25) is 0 Å². The molecule has 0 bridgehead atoms. The standard InChI is InChI=1S/C15H24O4/c1-9(12(16)18-7)8-10-11(15(10,5)6)13(17)19-14(2,3)4/h8,10-11H,1-7H3. The zero-order valence-corrected chi connectivity index (χ0v) is 12.9. The van der Waals surface area contributed by atoms with E-state index < -0.39 is 5.60 Å². The van der Waals surface area contributed by atoms with E-state index >= 15 is 0 Å². The van der Waals surface area contributed by atoms with Crippen molar-refractivity contribution < 1.29 is 19.1 Å². The predicted octanol–water partition coefficient (Wildman–Crippen LogP) is 2.72. The number of allylic oxidation sites excluding steroid dienone is 1. The molecule has 0 N–H and O–H groups in total. The number of hydrogen-bond donors (Lipinski definition) is 0. The second kappa shape index (κ2) is 4.99. The number of methoxy groups -OCH3 is 1. The molecule has 1 aliphatic rings. The fraction of sp³-hybridized carbons (Fsp3) is 0.733. The van der Waals surface area contributed by atoms with Crippen LogP contribution in [0.25, 0.3) is 0 Å². The Kier molecular flexibility index (Phi) is 4.13. The number of carbonyl (C=O) groups excluding carboxylic acids is 2. The van der Waals surface area contributed by atoms with Crippen molar-refractivity contribution in [1.29, 1.82) is 0 Å². The molecule has 4 heteroatoms. The van der Waals surface area contributed by atoms with Crippen molar-refractivity contribution in [2.24, 2.45) is 17.3 Å². The van der Waals surface area contributed by atoms with Crippen LogP contribution in [0.5, 0.6) is 0 Å². The molecule has 2 atom stereocenters. The van der Waals surface area contributed by atoms with Gasteiger partial charge in [-0.3, -0.25) is 4.79 Å². The summed E-state index contributed by atoms with van der Waals surface area (Å²) in [5.41, 5.74) is -0.120. The normalized spacial score (nSPS) is 25.7. The molecular formula is C15H24O4. The molecule has 0 heterocycles. The summed E-state index contributed by atoms with van der Waals surface area (Å²) in [5.74, 6) is -0.713. The van der Waals surface area contributed by atoms with Crippen molar-refractivity contribution >= 4 is 11.9 Å². The molecule has 108 valence electrons. The SMILES string of the molecule is COC(=O)C(C)=CC1C(C(=O)OC(C)(C)C)C1(C)C. The number of ether oxygens (including phenoxy) is 2. The van der Waals surface area contributed by atoms with Crippen molar-refractivity contribution in [3.63, 3.8) is 0 Å². The third kappa shape index (κ3) is 3.58. The maximum absolute atomic E-state index is 12.1. The second-order valence-electron chi connectivity index (χ2n) is 6.70. The van der Waals surface area contributed by atoms with E-state index in [0.717, 1.165) is 0 Å². The van der Waals surface area contributed by atoms with E-state index in [1.807, 2.05) is 40.7 Å². The molecule has 0 radical (unpaired) electrons. The Morgan fingerprint density at radius 1 is 1.21 bits per heavy atom. The van der Waals surface area contributed by atoms with Gasteiger partial charge in [-0.2, -0.15) is 0 Å². The van der Waals surface area contributed by atoms with Crippen molar-refractivity contribution in [3.05, 3.63) is 11.6 Å². The third-order valence-electron chi connectivity index (χ3n) is 3.51. The zero-order valence-electron chi connectivity index (χ0n) is 12.9. The first kappa shape index (κ1) is 15.7. The lowest BCUT2D eigenvalue weighted by molar-refractivity contribution is -0.157. The highest BCUT2D eigenvalue weighted by Crippen LogP contribution is 2.60. The van der Waals surface area contributed by atoms with Crippen LogP contribution in [-0.4, -0.2) is 24.6 Å². The van der Waals surface area contributed by atoms with Gasteiger partial charge in [-0.1, -0.05) is 19.9 Å². The Hall–Kier alpha value is -1.32. The maximum atomic E-state index is 12.1. The molecule has 0 aromatic rings.